The van der Waals surface area contributed by atoms with Gasteiger partial charge in [-0.15, -0.1) is 0 Å². The zero-order chi connectivity index (χ0) is 14.4. The minimum Gasteiger partial charge on any atom is -0.444 e. The number of amides is 1. The number of rotatable bonds is 6. The summed E-state index contributed by atoms with van der Waals surface area (Å²) >= 11 is 3.19. The van der Waals surface area contributed by atoms with Crippen LogP contribution in [0.4, 0.5) is 0 Å². The Morgan fingerprint density at radius 1 is 1.50 bits per heavy atom. The predicted octanol–water partition coefficient (Wildman–Crippen LogP) is 2.13. The molecule has 1 N–H and O–H groups in total. The van der Waals surface area contributed by atoms with E-state index in [0.717, 1.165) is 45.6 Å². The van der Waals surface area contributed by atoms with Crippen molar-refractivity contribution in [1.29, 1.82) is 0 Å². The van der Waals surface area contributed by atoms with Gasteiger partial charge < -0.3 is 19.4 Å². The van der Waals surface area contributed by atoms with Crippen LogP contribution in [0.25, 0.3) is 0 Å². The topological polar surface area (TPSA) is 54.7 Å². The fraction of sp³-hybridized carbons (Fsp3) is 0.643. The summed E-state index contributed by atoms with van der Waals surface area (Å²) in [6.07, 6.45) is 2.23. The van der Waals surface area contributed by atoms with Crippen molar-refractivity contribution in [3.05, 3.63) is 22.6 Å². The molecule has 20 heavy (non-hydrogen) atoms. The van der Waals surface area contributed by atoms with Gasteiger partial charge in [0.15, 0.2) is 10.4 Å². The third-order valence-corrected chi connectivity index (χ3v) is 4.09. The minimum absolute atomic E-state index is 0.141. The maximum atomic E-state index is 11.9. The van der Waals surface area contributed by atoms with Crippen molar-refractivity contribution in [3.63, 3.8) is 0 Å². The van der Waals surface area contributed by atoms with E-state index >= 15 is 0 Å². The van der Waals surface area contributed by atoms with E-state index in [1.54, 1.807) is 19.2 Å². The molecule has 1 aliphatic rings. The molecule has 1 amide bonds. The summed E-state index contributed by atoms with van der Waals surface area (Å²) in [6, 6.07) is 3.40. The van der Waals surface area contributed by atoms with E-state index < -0.39 is 0 Å². The molecule has 2 heterocycles. The second-order valence-corrected chi connectivity index (χ2v) is 5.87. The number of halogens is 1. The largest absolute Gasteiger partial charge is 0.444 e. The SMILES string of the molecule is COCCN1CCC(CNC(=O)c2ccc(Br)o2)CC1. The van der Waals surface area contributed by atoms with Gasteiger partial charge in [0.2, 0.25) is 0 Å². The quantitative estimate of drug-likeness (QED) is 0.858. The van der Waals surface area contributed by atoms with Gasteiger partial charge in [0.05, 0.1) is 6.61 Å². The lowest BCUT2D eigenvalue weighted by Gasteiger charge is -2.31. The maximum absolute atomic E-state index is 11.9. The van der Waals surface area contributed by atoms with Gasteiger partial charge in [0, 0.05) is 20.2 Å². The van der Waals surface area contributed by atoms with Crippen LogP contribution in [-0.4, -0.2) is 50.7 Å². The Labute approximate surface area is 127 Å². The van der Waals surface area contributed by atoms with Crippen molar-refractivity contribution in [3.8, 4) is 0 Å². The molecule has 0 radical (unpaired) electrons. The Bertz CT molecular complexity index is 428. The summed E-state index contributed by atoms with van der Waals surface area (Å²) in [6.45, 7) is 4.66. The number of hydrogen-bond donors (Lipinski definition) is 1. The summed E-state index contributed by atoms with van der Waals surface area (Å²) in [5.74, 6) is 0.767. The molecule has 1 aromatic rings. The third kappa shape index (κ3) is 4.61. The molecule has 1 aliphatic heterocycles. The fourth-order valence-corrected chi connectivity index (χ4v) is 2.70. The molecular weight excluding hydrogens is 324 g/mol. The molecule has 1 fully saturated rings. The number of methoxy groups -OCH3 is 1. The van der Waals surface area contributed by atoms with Crippen molar-refractivity contribution in [2.24, 2.45) is 5.92 Å². The van der Waals surface area contributed by atoms with Gasteiger partial charge >= 0.3 is 0 Å². The molecule has 5 nitrogen and oxygen atoms in total. The van der Waals surface area contributed by atoms with Crippen molar-refractivity contribution in [2.45, 2.75) is 12.8 Å². The summed E-state index contributed by atoms with van der Waals surface area (Å²) < 4.78 is 10.9. The zero-order valence-corrected chi connectivity index (χ0v) is 13.3. The van der Waals surface area contributed by atoms with E-state index in [4.69, 9.17) is 9.15 Å². The lowest BCUT2D eigenvalue weighted by atomic mass is 9.97. The standard InChI is InChI=1S/C14H21BrN2O3/c1-19-9-8-17-6-4-11(5-7-17)10-16-14(18)12-2-3-13(15)20-12/h2-3,11H,4-10H2,1H3,(H,16,18). The van der Waals surface area contributed by atoms with Crippen LogP contribution in [0.5, 0.6) is 0 Å². The van der Waals surface area contributed by atoms with Crippen LogP contribution in [0, 0.1) is 5.92 Å². The number of hydrogen-bond acceptors (Lipinski definition) is 4. The van der Waals surface area contributed by atoms with E-state index in [1.807, 2.05) is 0 Å². The van der Waals surface area contributed by atoms with Crippen molar-refractivity contribution < 1.29 is 13.9 Å². The molecule has 0 atom stereocenters. The number of ether oxygens (including phenoxy) is 1. The summed E-state index contributed by atoms with van der Waals surface area (Å²) in [7, 11) is 1.73. The van der Waals surface area contributed by atoms with Crippen molar-refractivity contribution in [1.82, 2.24) is 10.2 Å². The Balaban J connectivity index is 1.67. The zero-order valence-electron chi connectivity index (χ0n) is 11.7. The van der Waals surface area contributed by atoms with Crippen LogP contribution in [0.15, 0.2) is 21.2 Å². The van der Waals surface area contributed by atoms with Gasteiger partial charge in [-0.3, -0.25) is 4.79 Å². The number of nitrogens with one attached hydrogen (secondary N) is 1. The van der Waals surface area contributed by atoms with Gasteiger partial charge in [-0.05, 0) is 59.9 Å². The highest BCUT2D eigenvalue weighted by Crippen LogP contribution is 2.17. The maximum Gasteiger partial charge on any atom is 0.287 e. The molecule has 0 saturated carbocycles. The van der Waals surface area contributed by atoms with E-state index in [2.05, 4.69) is 26.1 Å². The van der Waals surface area contributed by atoms with Crippen LogP contribution in [0.1, 0.15) is 23.4 Å². The highest BCUT2D eigenvalue weighted by molar-refractivity contribution is 9.10. The first-order valence-electron chi connectivity index (χ1n) is 6.94. The van der Waals surface area contributed by atoms with Crippen molar-refractivity contribution in [2.75, 3.05) is 39.9 Å². The second kappa shape index (κ2) is 7.81. The second-order valence-electron chi connectivity index (χ2n) is 5.09. The van der Waals surface area contributed by atoms with Gasteiger partial charge in [0.1, 0.15) is 0 Å². The molecule has 0 bridgehead atoms. The van der Waals surface area contributed by atoms with Crippen LogP contribution < -0.4 is 5.32 Å². The van der Waals surface area contributed by atoms with Gasteiger partial charge in [0.25, 0.3) is 5.91 Å². The molecule has 0 unspecified atom stereocenters. The normalized spacial score (nSPS) is 17.3. The average molecular weight is 345 g/mol. The number of carbonyl (C=O) groups is 1. The first-order chi connectivity index (χ1) is 9.69. The summed E-state index contributed by atoms with van der Waals surface area (Å²) in [5, 5.41) is 2.94. The Morgan fingerprint density at radius 2 is 2.25 bits per heavy atom. The third-order valence-electron chi connectivity index (χ3n) is 3.67. The lowest BCUT2D eigenvalue weighted by molar-refractivity contribution is 0.0898. The van der Waals surface area contributed by atoms with Gasteiger partial charge in [-0.1, -0.05) is 0 Å². The molecule has 0 spiro atoms. The predicted molar refractivity (Wildman–Crippen MR) is 79.8 cm³/mol. The smallest absolute Gasteiger partial charge is 0.287 e. The first-order valence-corrected chi connectivity index (χ1v) is 7.73. The molecule has 1 aromatic heterocycles. The Hall–Kier alpha value is -0.850. The Morgan fingerprint density at radius 3 is 2.85 bits per heavy atom. The molecule has 2 rings (SSSR count). The minimum atomic E-state index is -0.141. The summed E-state index contributed by atoms with van der Waals surface area (Å²) in [4.78, 5) is 14.3. The van der Waals surface area contributed by atoms with Crippen LogP contribution in [0.2, 0.25) is 0 Å². The monoisotopic (exact) mass is 344 g/mol. The molecule has 112 valence electrons. The number of piperidine rings is 1. The molecular formula is C14H21BrN2O3. The van der Waals surface area contributed by atoms with E-state index in [1.165, 1.54) is 0 Å². The van der Waals surface area contributed by atoms with Crippen LogP contribution in [-0.2, 0) is 4.74 Å². The average Bonchev–Trinajstić information content (AvgIpc) is 2.90. The molecule has 6 heteroatoms. The number of nitrogens with zero attached hydrogens (tertiary/aromatic N) is 1. The lowest BCUT2D eigenvalue weighted by Crippen LogP contribution is -2.39. The first kappa shape index (κ1) is 15.5. The van der Waals surface area contributed by atoms with E-state index in [0.29, 0.717) is 16.3 Å². The van der Waals surface area contributed by atoms with Gasteiger partial charge in [-0.2, -0.15) is 0 Å². The summed E-state index contributed by atoms with van der Waals surface area (Å²) in [5.41, 5.74) is 0. The number of carbonyl (C=O) groups excluding carboxylic acids is 1. The van der Waals surface area contributed by atoms with Gasteiger partial charge in [-0.25, -0.2) is 0 Å². The van der Waals surface area contributed by atoms with Crippen LogP contribution >= 0.6 is 15.9 Å². The van der Waals surface area contributed by atoms with Crippen molar-refractivity contribution >= 4 is 21.8 Å². The fourth-order valence-electron chi connectivity index (χ4n) is 2.40. The Kier molecular flexibility index (Phi) is 6.06. The molecule has 1 saturated heterocycles. The van der Waals surface area contributed by atoms with Crippen LogP contribution in [0.3, 0.4) is 0 Å². The van der Waals surface area contributed by atoms with E-state index in [-0.39, 0.29) is 5.91 Å². The number of furan rings is 1. The number of likely N-dealkylation sites (tertiary alicyclic amines) is 1. The van der Waals surface area contributed by atoms with E-state index in [9.17, 15) is 4.79 Å². The highest BCUT2D eigenvalue weighted by atomic mass is 79.9. The molecule has 0 aromatic carbocycles. The highest BCUT2D eigenvalue weighted by Gasteiger charge is 2.20. The molecule has 0 aliphatic carbocycles.